The van der Waals surface area contributed by atoms with Crippen molar-refractivity contribution in [2.75, 3.05) is 0 Å². The maximum Gasteiger partial charge on any atom is 0.336 e. The lowest BCUT2D eigenvalue weighted by Gasteiger charge is -2.15. The van der Waals surface area contributed by atoms with Crippen molar-refractivity contribution >= 4 is 11.6 Å². The molecule has 0 spiro atoms. The largest absolute Gasteiger partial charge is 0.336 e. The zero-order chi connectivity index (χ0) is 19.7. The number of aromatic nitrogens is 4. The Hall–Kier alpha value is -3.31. The van der Waals surface area contributed by atoms with Crippen LogP contribution in [0.1, 0.15) is 11.3 Å². The number of pyridine rings is 2. The highest BCUT2D eigenvalue weighted by Gasteiger charge is 2.20. The molecule has 0 amide bonds. The Morgan fingerprint density at radius 3 is 2.59 bits per heavy atom. The van der Waals surface area contributed by atoms with Gasteiger partial charge in [0.2, 0.25) is 0 Å². The number of halogens is 2. The molecule has 0 aliphatic rings. The fourth-order valence-electron chi connectivity index (χ4n) is 2.74. The van der Waals surface area contributed by atoms with E-state index in [1.165, 1.54) is 19.2 Å². The summed E-state index contributed by atoms with van der Waals surface area (Å²) in [6, 6.07) is 4.73. The Balaban J connectivity index is 2.44. The van der Waals surface area contributed by atoms with E-state index in [0.29, 0.717) is 0 Å². The van der Waals surface area contributed by atoms with Gasteiger partial charge in [0.15, 0.2) is 5.82 Å². The molecular formula is C18H13ClFN5O2. The number of hydrogen-bond acceptors (Lipinski definition) is 5. The fraction of sp³-hybridized carbons (Fsp3) is 0.167. The molecular weight excluding hydrogens is 373 g/mol. The molecule has 0 unspecified atom stereocenters. The standard InChI is InChI=1S/C18H13ClFN5O2/c1-10-5-12(8-22-7-10)25-17(26)16(11(2)24(4-3-21)18(25)27)15-6-13(19)14(20)9-23-15/h5-9H,4H2,1-2H3. The molecule has 27 heavy (non-hydrogen) atoms. The third kappa shape index (κ3) is 3.25. The molecule has 3 rings (SSSR count). The third-order valence-electron chi connectivity index (χ3n) is 4.02. The van der Waals surface area contributed by atoms with E-state index in [2.05, 4.69) is 9.97 Å². The van der Waals surface area contributed by atoms with E-state index in [0.717, 1.165) is 20.9 Å². The summed E-state index contributed by atoms with van der Waals surface area (Å²) in [5.41, 5.74) is 0.0522. The van der Waals surface area contributed by atoms with E-state index in [1.807, 2.05) is 6.07 Å². The topological polar surface area (TPSA) is 93.6 Å². The molecule has 0 fully saturated rings. The van der Waals surface area contributed by atoms with Gasteiger partial charge in [0.25, 0.3) is 5.56 Å². The smallest absolute Gasteiger partial charge is 0.283 e. The van der Waals surface area contributed by atoms with E-state index in [-0.39, 0.29) is 34.2 Å². The molecule has 0 aliphatic carbocycles. The van der Waals surface area contributed by atoms with Crippen LogP contribution in [0.2, 0.25) is 5.02 Å². The van der Waals surface area contributed by atoms with Crippen molar-refractivity contribution in [2.45, 2.75) is 20.4 Å². The third-order valence-corrected chi connectivity index (χ3v) is 4.31. The molecule has 0 atom stereocenters. The molecule has 3 aromatic rings. The molecule has 0 saturated heterocycles. The lowest BCUT2D eigenvalue weighted by Crippen LogP contribution is -2.41. The van der Waals surface area contributed by atoms with Crippen LogP contribution in [0, 0.1) is 31.0 Å². The van der Waals surface area contributed by atoms with E-state index < -0.39 is 17.1 Å². The zero-order valence-electron chi connectivity index (χ0n) is 14.4. The lowest BCUT2D eigenvalue weighted by atomic mass is 10.1. The predicted octanol–water partition coefficient (Wildman–Crippen LogP) is 2.39. The van der Waals surface area contributed by atoms with E-state index in [1.54, 1.807) is 19.2 Å². The van der Waals surface area contributed by atoms with Gasteiger partial charge in [-0.25, -0.2) is 13.8 Å². The van der Waals surface area contributed by atoms with Crippen LogP contribution in [0.25, 0.3) is 16.9 Å². The van der Waals surface area contributed by atoms with E-state index in [4.69, 9.17) is 16.9 Å². The molecule has 3 heterocycles. The molecule has 9 heteroatoms. The summed E-state index contributed by atoms with van der Waals surface area (Å²) in [7, 11) is 0. The Morgan fingerprint density at radius 2 is 1.96 bits per heavy atom. The van der Waals surface area contributed by atoms with Crippen LogP contribution >= 0.6 is 11.6 Å². The normalized spacial score (nSPS) is 10.6. The second-order valence-corrected chi connectivity index (χ2v) is 6.24. The van der Waals surface area contributed by atoms with Gasteiger partial charge in [0, 0.05) is 11.9 Å². The summed E-state index contributed by atoms with van der Waals surface area (Å²) >= 11 is 5.82. The summed E-state index contributed by atoms with van der Waals surface area (Å²) in [6.45, 7) is 3.02. The average molecular weight is 386 g/mol. The Labute approximate surface area is 157 Å². The van der Waals surface area contributed by atoms with Crippen molar-refractivity contribution in [3.63, 3.8) is 0 Å². The summed E-state index contributed by atoms with van der Waals surface area (Å²) in [4.78, 5) is 33.9. The van der Waals surface area contributed by atoms with Crippen LogP contribution in [0.3, 0.4) is 0 Å². The Morgan fingerprint density at radius 1 is 1.22 bits per heavy atom. The van der Waals surface area contributed by atoms with Gasteiger partial charge >= 0.3 is 5.69 Å². The van der Waals surface area contributed by atoms with Gasteiger partial charge in [-0.05, 0) is 31.5 Å². The van der Waals surface area contributed by atoms with Crippen LogP contribution < -0.4 is 11.2 Å². The maximum atomic E-state index is 13.5. The highest BCUT2D eigenvalue weighted by molar-refractivity contribution is 6.30. The molecule has 0 aromatic carbocycles. The number of nitrogens with zero attached hydrogens (tertiary/aromatic N) is 5. The van der Waals surface area contributed by atoms with Crippen LogP contribution in [0.4, 0.5) is 4.39 Å². The average Bonchev–Trinajstić information content (AvgIpc) is 2.62. The first-order chi connectivity index (χ1) is 12.8. The minimum atomic E-state index is -0.730. The predicted molar refractivity (Wildman–Crippen MR) is 97.4 cm³/mol. The van der Waals surface area contributed by atoms with Crippen LogP contribution in [0.5, 0.6) is 0 Å². The summed E-state index contributed by atoms with van der Waals surface area (Å²) < 4.78 is 15.6. The zero-order valence-corrected chi connectivity index (χ0v) is 15.2. The second-order valence-electron chi connectivity index (χ2n) is 5.83. The minimum absolute atomic E-state index is 0.0493. The molecule has 7 nitrogen and oxygen atoms in total. The molecule has 0 N–H and O–H groups in total. The van der Waals surface area contributed by atoms with E-state index in [9.17, 15) is 14.0 Å². The van der Waals surface area contributed by atoms with Crippen LogP contribution in [0.15, 0.2) is 40.3 Å². The lowest BCUT2D eigenvalue weighted by molar-refractivity contribution is 0.622. The van der Waals surface area contributed by atoms with Crippen molar-refractivity contribution in [3.05, 3.63) is 73.7 Å². The van der Waals surface area contributed by atoms with Crippen molar-refractivity contribution < 1.29 is 4.39 Å². The van der Waals surface area contributed by atoms with Gasteiger partial charge in [0.05, 0.1) is 40.4 Å². The van der Waals surface area contributed by atoms with Gasteiger partial charge < -0.3 is 0 Å². The number of hydrogen-bond donors (Lipinski definition) is 0. The first kappa shape index (κ1) is 18.5. The molecule has 0 radical (unpaired) electrons. The van der Waals surface area contributed by atoms with Gasteiger partial charge in [0.1, 0.15) is 6.54 Å². The van der Waals surface area contributed by atoms with Crippen LogP contribution in [-0.2, 0) is 6.54 Å². The molecule has 0 saturated carbocycles. The SMILES string of the molecule is Cc1cncc(-n2c(=O)c(-c3cc(Cl)c(F)cn3)c(C)n(CC#N)c2=O)c1. The number of aryl methyl sites for hydroxylation is 1. The monoisotopic (exact) mass is 385 g/mol. The van der Waals surface area contributed by atoms with Crippen molar-refractivity contribution in [3.8, 4) is 23.0 Å². The van der Waals surface area contributed by atoms with Gasteiger partial charge in [-0.3, -0.25) is 19.3 Å². The maximum absolute atomic E-state index is 13.5. The molecule has 0 bridgehead atoms. The van der Waals surface area contributed by atoms with Gasteiger partial charge in [-0.15, -0.1) is 0 Å². The quantitative estimate of drug-likeness (QED) is 0.690. The first-order valence-electron chi connectivity index (χ1n) is 7.82. The Kier molecular flexibility index (Phi) is 4.88. The second kappa shape index (κ2) is 7.13. The summed E-state index contributed by atoms with van der Waals surface area (Å²) in [6.07, 6.45) is 3.85. The van der Waals surface area contributed by atoms with Crippen molar-refractivity contribution in [1.29, 1.82) is 5.26 Å². The minimum Gasteiger partial charge on any atom is -0.283 e. The molecule has 0 aliphatic heterocycles. The van der Waals surface area contributed by atoms with Crippen LogP contribution in [-0.4, -0.2) is 19.1 Å². The highest BCUT2D eigenvalue weighted by atomic mass is 35.5. The highest BCUT2D eigenvalue weighted by Crippen LogP contribution is 2.22. The summed E-state index contributed by atoms with van der Waals surface area (Å²) in [5.74, 6) is -0.730. The first-order valence-corrected chi connectivity index (χ1v) is 8.19. The van der Waals surface area contributed by atoms with E-state index >= 15 is 0 Å². The Bertz CT molecular complexity index is 1210. The molecule has 136 valence electrons. The van der Waals surface area contributed by atoms with Gasteiger partial charge in [-0.1, -0.05) is 11.6 Å². The summed E-state index contributed by atoms with van der Waals surface area (Å²) in [5, 5.41) is 8.88. The number of rotatable bonds is 3. The van der Waals surface area contributed by atoms with Crippen molar-refractivity contribution in [2.24, 2.45) is 0 Å². The molecule has 3 aromatic heterocycles. The van der Waals surface area contributed by atoms with Crippen molar-refractivity contribution in [1.82, 2.24) is 19.1 Å². The van der Waals surface area contributed by atoms with Gasteiger partial charge in [-0.2, -0.15) is 5.26 Å². The fourth-order valence-corrected chi connectivity index (χ4v) is 2.90. The number of nitriles is 1.